The summed E-state index contributed by atoms with van der Waals surface area (Å²) in [5.74, 6) is -0.223. The topological polar surface area (TPSA) is 82.6 Å². The predicted molar refractivity (Wildman–Crippen MR) is 113 cm³/mol. The minimum atomic E-state index is -0.864. The number of anilines is 2. The van der Waals surface area contributed by atoms with Crippen molar-refractivity contribution in [2.24, 2.45) is 0 Å². The molecule has 5 rings (SSSR count). The third-order valence-electron chi connectivity index (χ3n) is 5.91. The maximum absolute atomic E-state index is 13.2. The Hall–Kier alpha value is -3.74. The number of nitrogens with one attached hydrogen (secondary N) is 1. The molecule has 1 aromatic heterocycles. The van der Waals surface area contributed by atoms with Crippen molar-refractivity contribution in [2.75, 3.05) is 16.8 Å². The molecule has 2 aliphatic heterocycles. The fraction of sp³-hybridized carbons (Fsp3) is 0.217. The summed E-state index contributed by atoms with van der Waals surface area (Å²) in [6, 6.07) is 18.3. The van der Waals surface area contributed by atoms with Gasteiger partial charge < -0.3 is 10.2 Å². The van der Waals surface area contributed by atoms with Crippen molar-refractivity contribution in [1.29, 1.82) is 0 Å². The van der Waals surface area contributed by atoms with Gasteiger partial charge in [0.05, 0.1) is 16.8 Å². The molecule has 3 amide bonds. The Morgan fingerprint density at radius 1 is 1.07 bits per heavy atom. The van der Waals surface area contributed by atoms with E-state index in [4.69, 9.17) is 0 Å². The minimum absolute atomic E-state index is 0.0425. The van der Waals surface area contributed by atoms with E-state index in [9.17, 15) is 14.4 Å². The van der Waals surface area contributed by atoms with Crippen LogP contribution in [0.2, 0.25) is 0 Å². The van der Waals surface area contributed by atoms with Gasteiger partial charge in [0, 0.05) is 11.8 Å². The smallest absolute Gasteiger partial charge is 0.258 e. The average Bonchev–Trinajstić information content (AvgIpc) is 3.06. The number of carbonyl (C=O) groups excluding carboxylic acids is 3. The second-order valence-electron chi connectivity index (χ2n) is 7.79. The van der Waals surface area contributed by atoms with Gasteiger partial charge in [0.2, 0.25) is 11.8 Å². The highest BCUT2D eigenvalue weighted by Crippen LogP contribution is 2.43. The summed E-state index contributed by atoms with van der Waals surface area (Å²) in [5.41, 5.74) is 0.955. The van der Waals surface area contributed by atoms with Gasteiger partial charge in [-0.05, 0) is 43.7 Å². The fourth-order valence-corrected chi connectivity index (χ4v) is 4.40. The number of hydrogen-bond acceptors (Lipinski definition) is 4. The highest BCUT2D eigenvalue weighted by molar-refractivity contribution is 6.11. The summed E-state index contributed by atoms with van der Waals surface area (Å²) >= 11 is 0. The number of carbonyl (C=O) groups is 3. The van der Waals surface area contributed by atoms with Gasteiger partial charge in [0.25, 0.3) is 5.91 Å². The number of hydrogen-bond donors (Lipinski definition) is 1. The van der Waals surface area contributed by atoms with Crippen LogP contribution in [0.25, 0.3) is 10.9 Å². The number of amides is 3. The first kappa shape index (κ1) is 18.3. The van der Waals surface area contributed by atoms with Crippen molar-refractivity contribution in [3.63, 3.8) is 0 Å². The molecule has 1 saturated heterocycles. The zero-order chi connectivity index (χ0) is 20.9. The van der Waals surface area contributed by atoms with E-state index in [2.05, 4.69) is 10.3 Å². The van der Waals surface area contributed by atoms with Gasteiger partial charge in [-0.2, -0.15) is 0 Å². The zero-order valence-corrected chi connectivity index (χ0v) is 16.5. The van der Waals surface area contributed by atoms with Crippen LogP contribution in [0.5, 0.6) is 0 Å². The Morgan fingerprint density at radius 3 is 2.70 bits per heavy atom. The monoisotopic (exact) mass is 400 g/mol. The Labute approximate surface area is 173 Å². The van der Waals surface area contributed by atoms with E-state index < -0.39 is 5.66 Å². The molecule has 1 fully saturated rings. The summed E-state index contributed by atoms with van der Waals surface area (Å²) in [6.07, 6.45) is 0.815. The van der Waals surface area contributed by atoms with Crippen LogP contribution < -0.4 is 10.2 Å². The molecule has 1 unspecified atom stereocenters. The number of pyridine rings is 1. The van der Waals surface area contributed by atoms with Crippen LogP contribution in [-0.2, 0) is 9.59 Å². The number of aromatic nitrogens is 1. The molecule has 1 atom stereocenters. The van der Waals surface area contributed by atoms with E-state index in [0.29, 0.717) is 29.9 Å². The Kier molecular flexibility index (Phi) is 4.06. The molecule has 2 aromatic carbocycles. The van der Waals surface area contributed by atoms with E-state index in [1.807, 2.05) is 43.3 Å². The lowest BCUT2D eigenvalue weighted by atomic mass is 9.98. The van der Waals surface area contributed by atoms with Gasteiger partial charge in [-0.1, -0.05) is 30.3 Å². The number of benzene rings is 2. The molecular weight excluding hydrogens is 380 g/mol. The molecular formula is C23H20N4O3. The summed E-state index contributed by atoms with van der Waals surface area (Å²) < 4.78 is 0. The van der Waals surface area contributed by atoms with Crippen LogP contribution in [0.4, 0.5) is 11.5 Å². The summed E-state index contributed by atoms with van der Waals surface area (Å²) in [7, 11) is 0. The molecule has 30 heavy (non-hydrogen) atoms. The van der Waals surface area contributed by atoms with Gasteiger partial charge in [-0.25, -0.2) is 4.98 Å². The highest BCUT2D eigenvalue weighted by Gasteiger charge is 2.53. The lowest BCUT2D eigenvalue weighted by molar-refractivity contribution is -0.120. The van der Waals surface area contributed by atoms with Crippen LogP contribution in [0.1, 0.15) is 30.1 Å². The summed E-state index contributed by atoms with van der Waals surface area (Å²) in [4.78, 5) is 46.3. The number of rotatable bonds is 3. The first-order chi connectivity index (χ1) is 14.5. The lowest BCUT2D eigenvalue weighted by Crippen LogP contribution is -2.63. The van der Waals surface area contributed by atoms with Crippen LogP contribution in [-0.4, -0.2) is 39.8 Å². The van der Waals surface area contributed by atoms with E-state index in [1.165, 1.54) is 4.90 Å². The number of fused-ring (bicyclic) bond motifs is 4. The summed E-state index contributed by atoms with van der Waals surface area (Å²) in [5, 5.41) is 3.76. The molecule has 0 saturated carbocycles. The van der Waals surface area contributed by atoms with E-state index >= 15 is 0 Å². The van der Waals surface area contributed by atoms with Crippen LogP contribution >= 0.6 is 0 Å². The predicted octanol–water partition coefficient (Wildman–Crippen LogP) is 3.17. The van der Waals surface area contributed by atoms with Crippen molar-refractivity contribution in [1.82, 2.24) is 9.88 Å². The van der Waals surface area contributed by atoms with E-state index in [1.54, 1.807) is 29.2 Å². The fourth-order valence-electron chi connectivity index (χ4n) is 4.40. The third-order valence-corrected chi connectivity index (χ3v) is 5.91. The Morgan fingerprint density at radius 2 is 1.83 bits per heavy atom. The third kappa shape index (κ3) is 2.74. The number of para-hydroxylation sites is 2. The summed E-state index contributed by atoms with van der Waals surface area (Å²) in [6.45, 7) is 1.68. The Bertz CT molecular complexity index is 1210. The van der Waals surface area contributed by atoms with E-state index in [0.717, 1.165) is 10.9 Å². The molecule has 0 aliphatic carbocycles. The van der Waals surface area contributed by atoms with Crippen molar-refractivity contribution in [3.05, 3.63) is 66.2 Å². The molecule has 0 radical (unpaired) electrons. The molecule has 3 aromatic rings. The second-order valence-corrected chi connectivity index (χ2v) is 7.79. The minimum Gasteiger partial charge on any atom is -0.309 e. The quantitative estimate of drug-likeness (QED) is 0.732. The Balaban J connectivity index is 1.43. The molecule has 3 heterocycles. The van der Waals surface area contributed by atoms with Crippen molar-refractivity contribution in [3.8, 4) is 0 Å². The molecule has 7 nitrogen and oxygen atoms in total. The zero-order valence-electron chi connectivity index (χ0n) is 16.5. The van der Waals surface area contributed by atoms with Crippen molar-refractivity contribution < 1.29 is 14.4 Å². The van der Waals surface area contributed by atoms with E-state index in [-0.39, 0.29) is 24.3 Å². The molecule has 7 heteroatoms. The lowest BCUT2D eigenvalue weighted by Gasteiger charge is -2.48. The van der Waals surface area contributed by atoms with Gasteiger partial charge in [-0.3, -0.25) is 19.3 Å². The first-order valence-electron chi connectivity index (χ1n) is 9.87. The van der Waals surface area contributed by atoms with Gasteiger partial charge in [0.1, 0.15) is 18.0 Å². The van der Waals surface area contributed by atoms with Crippen LogP contribution in [0, 0.1) is 0 Å². The maximum atomic E-state index is 13.2. The van der Waals surface area contributed by atoms with Crippen molar-refractivity contribution >= 4 is 40.1 Å². The molecule has 0 bridgehead atoms. The molecule has 0 spiro atoms. The van der Waals surface area contributed by atoms with Crippen LogP contribution in [0.15, 0.2) is 60.7 Å². The largest absolute Gasteiger partial charge is 0.309 e. The van der Waals surface area contributed by atoms with Gasteiger partial charge >= 0.3 is 0 Å². The molecule has 1 N–H and O–H groups in total. The average molecular weight is 400 g/mol. The molecule has 150 valence electrons. The van der Waals surface area contributed by atoms with Crippen molar-refractivity contribution in [2.45, 2.75) is 25.4 Å². The van der Waals surface area contributed by atoms with Crippen LogP contribution in [0.3, 0.4) is 0 Å². The molecule has 2 aliphatic rings. The van der Waals surface area contributed by atoms with Gasteiger partial charge in [-0.15, -0.1) is 0 Å². The first-order valence-corrected chi connectivity index (χ1v) is 9.87. The SMILES string of the molecule is CC12CCC(=O)N1c1ccccc1C(=O)N2CC(=O)Nc1ccc2ccccc2n1. The van der Waals surface area contributed by atoms with Gasteiger partial charge in [0.15, 0.2) is 0 Å². The standard InChI is InChI=1S/C23H20N4O3/c1-23-13-12-21(29)27(23)18-9-5-3-7-16(18)22(30)26(23)14-20(28)25-19-11-10-15-6-2-4-8-17(15)24-19/h2-11H,12-14H2,1H3,(H,24,25,28). The number of nitrogens with zero attached hydrogens (tertiary/aromatic N) is 3. The normalized spacial score (nSPS) is 20.3. The maximum Gasteiger partial charge on any atom is 0.258 e. The highest BCUT2D eigenvalue weighted by atomic mass is 16.2. The second kappa shape index (κ2) is 6.66.